The van der Waals surface area contributed by atoms with Crippen molar-refractivity contribution < 1.29 is 8.78 Å². The zero-order valence-electron chi connectivity index (χ0n) is 9.82. The van der Waals surface area contributed by atoms with Gasteiger partial charge in [-0.15, -0.1) is 0 Å². The molecule has 0 spiro atoms. The van der Waals surface area contributed by atoms with Gasteiger partial charge in [0.25, 0.3) is 0 Å². The van der Waals surface area contributed by atoms with Crippen LogP contribution in [0.3, 0.4) is 0 Å². The van der Waals surface area contributed by atoms with E-state index in [0.29, 0.717) is 5.56 Å². The van der Waals surface area contributed by atoms with Crippen LogP contribution >= 0.6 is 0 Å². The second kappa shape index (κ2) is 5.20. The zero-order valence-corrected chi connectivity index (χ0v) is 9.82. The highest BCUT2D eigenvalue weighted by Gasteiger charge is 2.20. The average Bonchev–Trinajstić information content (AvgIpc) is 2.34. The van der Waals surface area contributed by atoms with Crippen LogP contribution in [-0.2, 0) is 0 Å². The number of aromatic nitrogens is 1. The molecule has 0 radical (unpaired) electrons. The molecule has 18 heavy (non-hydrogen) atoms. The molecular formula is C13H13F2N3. The standard InChI is InChI=1S/C13H13F2N3/c1-8-5-9(7-17-6-8)13(18-16)12-10(14)3-2-4-11(12)15/h2-7,13,18H,16H2,1H3. The molecule has 94 valence electrons. The van der Waals surface area contributed by atoms with Crippen LogP contribution in [0.5, 0.6) is 0 Å². The van der Waals surface area contributed by atoms with Gasteiger partial charge in [-0.05, 0) is 30.2 Å². The fourth-order valence-electron chi connectivity index (χ4n) is 1.87. The SMILES string of the molecule is Cc1cncc(C(NN)c2c(F)cccc2F)c1. The molecule has 1 aromatic heterocycles. The van der Waals surface area contributed by atoms with Crippen molar-refractivity contribution in [3.05, 3.63) is 65.0 Å². The lowest BCUT2D eigenvalue weighted by atomic mass is 9.99. The van der Waals surface area contributed by atoms with E-state index in [1.807, 2.05) is 6.92 Å². The van der Waals surface area contributed by atoms with Crippen LogP contribution in [0.1, 0.15) is 22.7 Å². The summed E-state index contributed by atoms with van der Waals surface area (Å²) in [5.41, 5.74) is 3.82. The van der Waals surface area contributed by atoms with Gasteiger partial charge >= 0.3 is 0 Å². The van der Waals surface area contributed by atoms with E-state index >= 15 is 0 Å². The number of nitrogens with zero attached hydrogens (tertiary/aromatic N) is 1. The number of benzene rings is 1. The number of rotatable bonds is 3. The summed E-state index contributed by atoms with van der Waals surface area (Å²) in [6.45, 7) is 1.85. The van der Waals surface area contributed by atoms with Crippen LogP contribution in [0.2, 0.25) is 0 Å². The predicted octanol–water partition coefficient (Wildman–Crippen LogP) is 2.22. The third-order valence-corrected chi connectivity index (χ3v) is 2.68. The van der Waals surface area contributed by atoms with Gasteiger partial charge in [0.15, 0.2) is 0 Å². The van der Waals surface area contributed by atoms with Gasteiger partial charge in [-0.3, -0.25) is 10.8 Å². The number of hydrogen-bond donors (Lipinski definition) is 2. The number of nitrogens with one attached hydrogen (secondary N) is 1. The van der Waals surface area contributed by atoms with Gasteiger partial charge in [0.1, 0.15) is 11.6 Å². The first-order chi connectivity index (χ1) is 8.63. The van der Waals surface area contributed by atoms with Gasteiger partial charge in [0.05, 0.1) is 6.04 Å². The fourth-order valence-corrected chi connectivity index (χ4v) is 1.87. The van der Waals surface area contributed by atoms with E-state index in [1.54, 1.807) is 12.3 Å². The number of pyridine rings is 1. The molecule has 0 saturated carbocycles. The van der Waals surface area contributed by atoms with E-state index in [2.05, 4.69) is 10.4 Å². The number of halogens is 2. The van der Waals surface area contributed by atoms with Gasteiger partial charge in [0, 0.05) is 18.0 Å². The molecule has 1 aromatic carbocycles. The highest BCUT2D eigenvalue weighted by Crippen LogP contribution is 2.26. The molecule has 0 aliphatic rings. The number of hydrazine groups is 1. The maximum Gasteiger partial charge on any atom is 0.131 e. The fraction of sp³-hybridized carbons (Fsp3) is 0.154. The quantitative estimate of drug-likeness (QED) is 0.647. The van der Waals surface area contributed by atoms with Crippen LogP contribution in [0.15, 0.2) is 36.7 Å². The van der Waals surface area contributed by atoms with Crippen molar-refractivity contribution in [1.82, 2.24) is 10.4 Å². The molecule has 2 aromatic rings. The third-order valence-electron chi connectivity index (χ3n) is 2.68. The Morgan fingerprint density at radius 1 is 1.22 bits per heavy atom. The summed E-state index contributed by atoms with van der Waals surface area (Å²) in [6.07, 6.45) is 3.19. The van der Waals surface area contributed by atoms with E-state index in [0.717, 1.165) is 5.56 Å². The summed E-state index contributed by atoms with van der Waals surface area (Å²) >= 11 is 0. The van der Waals surface area contributed by atoms with E-state index in [9.17, 15) is 8.78 Å². The third kappa shape index (κ3) is 2.37. The average molecular weight is 249 g/mol. The Hall–Kier alpha value is -1.85. The predicted molar refractivity (Wildman–Crippen MR) is 64.5 cm³/mol. The first kappa shape index (κ1) is 12.6. The molecule has 0 bridgehead atoms. The first-order valence-corrected chi connectivity index (χ1v) is 5.45. The molecule has 1 heterocycles. The van der Waals surface area contributed by atoms with E-state index in [4.69, 9.17) is 5.84 Å². The van der Waals surface area contributed by atoms with Crippen molar-refractivity contribution in [2.24, 2.45) is 5.84 Å². The van der Waals surface area contributed by atoms with Crippen LogP contribution < -0.4 is 11.3 Å². The van der Waals surface area contributed by atoms with Gasteiger partial charge in [-0.2, -0.15) is 0 Å². The summed E-state index contributed by atoms with van der Waals surface area (Å²) in [7, 11) is 0. The molecule has 3 nitrogen and oxygen atoms in total. The van der Waals surface area contributed by atoms with Crippen molar-refractivity contribution in [1.29, 1.82) is 0 Å². The lowest BCUT2D eigenvalue weighted by Gasteiger charge is -2.18. The van der Waals surface area contributed by atoms with E-state index < -0.39 is 17.7 Å². The minimum absolute atomic E-state index is 0.104. The van der Waals surface area contributed by atoms with Crippen LogP contribution in [0.25, 0.3) is 0 Å². The summed E-state index contributed by atoms with van der Waals surface area (Å²) in [4.78, 5) is 4.00. The maximum absolute atomic E-state index is 13.7. The van der Waals surface area contributed by atoms with Crippen molar-refractivity contribution in [3.63, 3.8) is 0 Å². The topological polar surface area (TPSA) is 50.9 Å². The second-order valence-electron chi connectivity index (χ2n) is 4.03. The van der Waals surface area contributed by atoms with Crippen molar-refractivity contribution in [2.75, 3.05) is 0 Å². The highest BCUT2D eigenvalue weighted by atomic mass is 19.1. The molecule has 0 aliphatic heterocycles. The zero-order chi connectivity index (χ0) is 13.1. The monoisotopic (exact) mass is 249 g/mol. The molecule has 1 atom stereocenters. The molecule has 1 unspecified atom stereocenters. The molecule has 0 fully saturated rings. The Labute approximate surface area is 104 Å². The largest absolute Gasteiger partial charge is 0.271 e. The first-order valence-electron chi connectivity index (χ1n) is 5.45. The van der Waals surface area contributed by atoms with Crippen molar-refractivity contribution >= 4 is 0 Å². The van der Waals surface area contributed by atoms with Gasteiger partial charge in [-0.25, -0.2) is 14.2 Å². The van der Waals surface area contributed by atoms with Crippen LogP contribution in [-0.4, -0.2) is 4.98 Å². The van der Waals surface area contributed by atoms with Gasteiger partial charge in [0.2, 0.25) is 0 Å². The van der Waals surface area contributed by atoms with Gasteiger partial charge < -0.3 is 0 Å². The molecule has 0 aliphatic carbocycles. The lowest BCUT2D eigenvalue weighted by molar-refractivity contribution is 0.510. The normalized spacial score (nSPS) is 12.4. The molecule has 5 heteroatoms. The number of nitrogens with two attached hydrogens (primary N) is 1. The van der Waals surface area contributed by atoms with Crippen molar-refractivity contribution in [3.8, 4) is 0 Å². The number of hydrogen-bond acceptors (Lipinski definition) is 3. The van der Waals surface area contributed by atoms with Crippen molar-refractivity contribution in [2.45, 2.75) is 13.0 Å². The summed E-state index contributed by atoms with van der Waals surface area (Å²) in [6, 6.07) is 4.73. The number of aryl methyl sites for hydroxylation is 1. The molecular weight excluding hydrogens is 236 g/mol. The Balaban J connectivity index is 2.52. The Morgan fingerprint density at radius 3 is 2.44 bits per heavy atom. The van der Waals surface area contributed by atoms with Gasteiger partial charge in [-0.1, -0.05) is 12.1 Å². The Bertz CT molecular complexity index is 537. The van der Waals surface area contributed by atoms with E-state index in [-0.39, 0.29) is 5.56 Å². The van der Waals surface area contributed by atoms with E-state index in [1.165, 1.54) is 24.4 Å². The minimum atomic E-state index is -0.765. The lowest BCUT2D eigenvalue weighted by Crippen LogP contribution is -2.30. The Morgan fingerprint density at radius 2 is 1.89 bits per heavy atom. The highest BCUT2D eigenvalue weighted by molar-refractivity contribution is 5.33. The molecule has 0 saturated heterocycles. The molecule has 0 amide bonds. The molecule has 2 rings (SSSR count). The summed E-state index contributed by atoms with van der Waals surface area (Å²) in [5, 5.41) is 0. The van der Waals surface area contributed by atoms with Crippen LogP contribution in [0, 0.1) is 18.6 Å². The summed E-state index contributed by atoms with van der Waals surface area (Å²) in [5.74, 6) is 4.13. The molecule has 3 N–H and O–H groups in total. The summed E-state index contributed by atoms with van der Waals surface area (Å²) < 4.78 is 27.4. The minimum Gasteiger partial charge on any atom is -0.271 e. The Kier molecular flexibility index (Phi) is 3.64. The van der Waals surface area contributed by atoms with Crippen LogP contribution in [0.4, 0.5) is 8.78 Å². The smallest absolute Gasteiger partial charge is 0.131 e. The second-order valence-corrected chi connectivity index (χ2v) is 4.03. The maximum atomic E-state index is 13.7.